The summed E-state index contributed by atoms with van der Waals surface area (Å²) in [5, 5.41) is 10.5. The predicted molar refractivity (Wildman–Crippen MR) is 90.3 cm³/mol. The summed E-state index contributed by atoms with van der Waals surface area (Å²) < 4.78 is 0. The minimum Gasteiger partial charge on any atom is -0.399 e. The zero-order chi connectivity index (χ0) is 15.4. The Morgan fingerprint density at radius 1 is 1.05 bits per heavy atom. The van der Waals surface area contributed by atoms with E-state index in [1.165, 1.54) is 5.56 Å². The van der Waals surface area contributed by atoms with Gasteiger partial charge in [-0.2, -0.15) is 0 Å². The molecular weight excluding hydrogens is 272 g/mol. The van der Waals surface area contributed by atoms with Gasteiger partial charge in [-0.3, -0.25) is 4.90 Å². The van der Waals surface area contributed by atoms with Crippen molar-refractivity contribution in [1.29, 1.82) is 0 Å². The van der Waals surface area contributed by atoms with Crippen molar-refractivity contribution >= 4 is 5.69 Å². The molecule has 0 amide bonds. The van der Waals surface area contributed by atoms with Crippen molar-refractivity contribution in [2.24, 2.45) is 5.92 Å². The molecule has 3 nitrogen and oxygen atoms in total. The van der Waals surface area contributed by atoms with E-state index in [9.17, 15) is 5.11 Å². The molecule has 1 aliphatic heterocycles. The van der Waals surface area contributed by atoms with Crippen LogP contribution in [0, 0.1) is 5.92 Å². The first kappa shape index (κ1) is 15.1. The zero-order valence-electron chi connectivity index (χ0n) is 12.9. The number of nitrogens with two attached hydrogens (primary N) is 1. The molecule has 116 valence electrons. The third kappa shape index (κ3) is 3.67. The standard InChI is InChI=1S/C19H24N2O/c20-18-8-4-5-15(13-18)14-21-11-9-17(10-12-21)19(22)16-6-2-1-3-7-16/h1-8,13,17,19,22H,9-12,14,20H2. The minimum absolute atomic E-state index is 0.337. The van der Waals surface area contributed by atoms with Crippen LogP contribution in [0.5, 0.6) is 0 Å². The molecule has 22 heavy (non-hydrogen) atoms. The van der Waals surface area contributed by atoms with Crippen molar-refractivity contribution in [2.75, 3.05) is 18.8 Å². The normalized spacial score (nSPS) is 18.2. The molecule has 0 aliphatic carbocycles. The fourth-order valence-electron chi connectivity index (χ4n) is 3.30. The van der Waals surface area contributed by atoms with Gasteiger partial charge in [-0.05, 0) is 55.1 Å². The van der Waals surface area contributed by atoms with Gasteiger partial charge in [-0.15, -0.1) is 0 Å². The highest BCUT2D eigenvalue weighted by Crippen LogP contribution is 2.31. The SMILES string of the molecule is Nc1cccc(CN2CCC(C(O)c3ccccc3)CC2)c1. The molecule has 0 bridgehead atoms. The predicted octanol–water partition coefficient (Wildman–Crippen LogP) is 3.21. The van der Waals surface area contributed by atoms with E-state index in [1.54, 1.807) is 0 Å². The van der Waals surface area contributed by atoms with E-state index in [-0.39, 0.29) is 6.10 Å². The summed E-state index contributed by atoms with van der Waals surface area (Å²) in [5.41, 5.74) is 8.97. The van der Waals surface area contributed by atoms with Crippen molar-refractivity contribution in [3.63, 3.8) is 0 Å². The number of aliphatic hydroxyl groups excluding tert-OH is 1. The third-order valence-electron chi connectivity index (χ3n) is 4.58. The Hall–Kier alpha value is -1.84. The quantitative estimate of drug-likeness (QED) is 0.852. The maximum absolute atomic E-state index is 10.5. The Balaban J connectivity index is 1.54. The van der Waals surface area contributed by atoms with E-state index < -0.39 is 0 Å². The lowest BCUT2D eigenvalue weighted by Gasteiger charge is -2.34. The van der Waals surface area contributed by atoms with Crippen LogP contribution >= 0.6 is 0 Å². The number of hydrogen-bond acceptors (Lipinski definition) is 3. The molecule has 1 saturated heterocycles. The van der Waals surface area contributed by atoms with Crippen molar-refractivity contribution < 1.29 is 5.11 Å². The number of rotatable bonds is 4. The second kappa shape index (κ2) is 6.95. The van der Waals surface area contributed by atoms with Crippen LogP contribution in [-0.4, -0.2) is 23.1 Å². The number of piperidine rings is 1. The van der Waals surface area contributed by atoms with E-state index in [4.69, 9.17) is 5.73 Å². The van der Waals surface area contributed by atoms with Crippen molar-refractivity contribution in [3.05, 3.63) is 65.7 Å². The second-order valence-corrected chi connectivity index (χ2v) is 6.21. The lowest BCUT2D eigenvalue weighted by molar-refractivity contribution is 0.0568. The highest BCUT2D eigenvalue weighted by atomic mass is 16.3. The van der Waals surface area contributed by atoms with Crippen LogP contribution in [0.2, 0.25) is 0 Å². The fraction of sp³-hybridized carbons (Fsp3) is 0.368. The van der Waals surface area contributed by atoms with Crippen LogP contribution < -0.4 is 5.73 Å². The Morgan fingerprint density at radius 2 is 1.77 bits per heavy atom. The molecule has 1 fully saturated rings. The van der Waals surface area contributed by atoms with Gasteiger partial charge in [0.2, 0.25) is 0 Å². The van der Waals surface area contributed by atoms with Crippen molar-refractivity contribution in [3.8, 4) is 0 Å². The molecule has 3 rings (SSSR count). The maximum atomic E-state index is 10.5. The molecule has 3 N–H and O–H groups in total. The van der Waals surface area contributed by atoms with Gasteiger partial charge in [-0.25, -0.2) is 0 Å². The van der Waals surface area contributed by atoms with Crippen molar-refractivity contribution in [2.45, 2.75) is 25.5 Å². The maximum Gasteiger partial charge on any atom is 0.0819 e. The van der Waals surface area contributed by atoms with Gasteiger partial charge >= 0.3 is 0 Å². The number of aliphatic hydroxyl groups is 1. The fourth-order valence-corrected chi connectivity index (χ4v) is 3.30. The summed E-state index contributed by atoms with van der Waals surface area (Å²) in [5.74, 6) is 0.361. The number of benzene rings is 2. The Kier molecular flexibility index (Phi) is 4.76. The summed E-state index contributed by atoms with van der Waals surface area (Å²) in [6.07, 6.45) is 1.74. The molecule has 0 saturated carbocycles. The highest BCUT2D eigenvalue weighted by Gasteiger charge is 2.26. The number of hydrogen-bond donors (Lipinski definition) is 2. The van der Waals surface area contributed by atoms with Crippen LogP contribution in [0.25, 0.3) is 0 Å². The summed E-state index contributed by atoms with van der Waals surface area (Å²) in [6, 6.07) is 18.1. The van der Waals surface area contributed by atoms with Crippen LogP contribution in [0.15, 0.2) is 54.6 Å². The smallest absolute Gasteiger partial charge is 0.0819 e. The van der Waals surface area contributed by atoms with Gasteiger partial charge in [0.25, 0.3) is 0 Å². The van der Waals surface area contributed by atoms with Gasteiger partial charge in [0.1, 0.15) is 0 Å². The second-order valence-electron chi connectivity index (χ2n) is 6.21. The Labute approximate surface area is 132 Å². The Morgan fingerprint density at radius 3 is 2.45 bits per heavy atom. The highest BCUT2D eigenvalue weighted by molar-refractivity contribution is 5.40. The van der Waals surface area contributed by atoms with E-state index in [1.807, 2.05) is 48.5 Å². The first-order valence-corrected chi connectivity index (χ1v) is 8.02. The average Bonchev–Trinajstić information content (AvgIpc) is 2.56. The molecular formula is C19H24N2O. The minimum atomic E-state index is -0.337. The van der Waals surface area contributed by atoms with Crippen LogP contribution in [0.4, 0.5) is 5.69 Å². The Bertz CT molecular complexity index is 591. The van der Waals surface area contributed by atoms with Gasteiger partial charge in [0.15, 0.2) is 0 Å². The summed E-state index contributed by atoms with van der Waals surface area (Å²) in [4.78, 5) is 2.45. The third-order valence-corrected chi connectivity index (χ3v) is 4.58. The van der Waals surface area contributed by atoms with Gasteiger partial charge in [0.05, 0.1) is 6.10 Å². The van der Waals surface area contributed by atoms with Crippen LogP contribution in [0.1, 0.15) is 30.1 Å². The average molecular weight is 296 g/mol. The first-order chi connectivity index (χ1) is 10.7. The molecule has 3 heteroatoms. The van der Waals surface area contributed by atoms with E-state index in [2.05, 4.69) is 11.0 Å². The van der Waals surface area contributed by atoms with Gasteiger partial charge < -0.3 is 10.8 Å². The molecule has 0 spiro atoms. The number of nitrogen functional groups attached to an aromatic ring is 1. The number of anilines is 1. The summed E-state index contributed by atoms with van der Waals surface area (Å²) in [7, 11) is 0. The largest absolute Gasteiger partial charge is 0.399 e. The van der Waals surface area contributed by atoms with Gasteiger partial charge in [-0.1, -0.05) is 42.5 Å². The molecule has 1 atom stereocenters. The first-order valence-electron chi connectivity index (χ1n) is 8.02. The molecule has 2 aromatic rings. The van der Waals surface area contributed by atoms with E-state index >= 15 is 0 Å². The summed E-state index contributed by atoms with van der Waals surface area (Å²) >= 11 is 0. The number of likely N-dealkylation sites (tertiary alicyclic amines) is 1. The molecule has 1 unspecified atom stereocenters. The van der Waals surface area contributed by atoms with E-state index in [0.717, 1.165) is 43.7 Å². The monoisotopic (exact) mass is 296 g/mol. The van der Waals surface area contributed by atoms with Gasteiger partial charge in [0, 0.05) is 12.2 Å². The lowest BCUT2D eigenvalue weighted by Crippen LogP contribution is -2.35. The summed E-state index contributed by atoms with van der Waals surface area (Å²) in [6.45, 7) is 3.01. The molecule has 0 aromatic heterocycles. The molecule has 2 aromatic carbocycles. The van der Waals surface area contributed by atoms with Crippen LogP contribution in [-0.2, 0) is 6.54 Å². The molecule has 1 aliphatic rings. The van der Waals surface area contributed by atoms with E-state index in [0.29, 0.717) is 5.92 Å². The topological polar surface area (TPSA) is 49.5 Å². The molecule has 0 radical (unpaired) electrons. The zero-order valence-corrected chi connectivity index (χ0v) is 12.9. The molecule has 1 heterocycles. The number of nitrogens with zero attached hydrogens (tertiary/aromatic N) is 1. The van der Waals surface area contributed by atoms with Crippen molar-refractivity contribution in [1.82, 2.24) is 4.90 Å². The van der Waals surface area contributed by atoms with Crippen LogP contribution in [0.3, 0.4) is 0 Å². The lowest BCUT2D eigenvalue weighted by atomic mass is 9.87.